The van der Waals surface area contributed by atoms with E-state index in [1.807, 2.05) is 48.6 Å². The van der Waals surface area contributed by atoms with E-state index in [4.69, 9.17) is 5.26 Å². The Morgan fingerprint density at radius 3 is 2.09 bits per heavy atom. The number of esters is 1. The second kappa shape index (κ2) is 16.9. The molecule has 0 spiro atoms. The Bertz CT molecular complexity index is 569. The lowest BCUT2D eigenvalue weighted by molar-refractivity contribution is -0.136. The van der Waals surface area contributed by atoms with Crippen LogP contribution in [0.2, 0.25) is 0 Å². The number of hydrogen-bond donors (Lipinski definition) is 0. The molecule has 1 aromatic rings. The minimum Gasteiger partial charge on any atom is -0.466 e. The van der Waals surface area contributed by atoms with Crippen LogP contribution in [0.5, 0.6) is 0 Å². The molecule has 0 N–H and O–H groups in total. The van der Waals surface area contributed by atoms with Crippen LogP contribution in [0.3, 0.4) is 0 Å². The van der Waals surface area contributed by atoms with Crippen LogP contribution < -0.4 is 0 Å². The van der Waals surface area contributed by atoms with E-state index in [9.17, 15) is 4.79 Å². The fourth-order valence-electron chi connectivity index (χ4n) is 1.00. The van der Waals surface area contributed by atoms with Gasteiger partial charge in [-0.25, -0.2) is 4.79 Å². The summed E-state index contributed by atoms with van der Waals surface area (Å²) < 4.78 is 4.27. The van der Waals surface area contributed by atoms with Crippen molar-refractivity contribution >= 4 is 12.0 Å². The monoisotopic (exact) mass is 309 g/mol. The molecule has 0 unspecified atom stereocenters. The van der Waals surface area contributed by atoms with Gasteiger partial charge in [-0.05, 0) is 12.5 Å². The maximum absolute atomic E-state index is 10.2. The summed E-state index contributed by atoms with van der Waals surface area (Å²) in [6.45, 7) is 11.7. The van der Waals surface area contributed by atoms with Crippen LogP contribution in [-0.2, 0) is 9.53 Å². The van der Waals surface area contributed by atoms with E-state index >= 15 is 0 Å². The van der Waals surface area contributed by atoms with Crippen LogP contribution in [0.25, 0.3) is 6.08 Å². The number of hydrogen-bond acceptors (Lipinski definition) is 3. The van der Waals surface area contributed by atoms with Crippen molar-refractivity contribution in [3.63, 3.8) is 0 Å². The number of methoxy groups -OCH3 is 1. The average molecular weight is 309 g/mol. The predicted molar refractivity (Wildman–Crippen MR) is 97.5 cm³/mol. The Labute approximate surface area is 139 Å². The predicted octanol–water partition coefficient (Wildman–Crippen LogP) is 4.87. The lowest BCUT2D eigenvalue weighted by atomic mass is 10.2. The molecule has 23 heavy (non-hydrogen) atoms. The molecule has 0 atom stereocenters. The van der Waals surface area contributed by atoms with Gasteiger partial charge < -0.3 is 4.74 Å². The first-order chi connectivity index (χ1) is 11.0. The average Bonchev–Trinajstić information content (AvgIpc) is 2.59. The van der Waals surface area contributed by atoms with Gasteiger partial charge in [-0.2, -0.15) is 5.26 Å². The number of ether oxygens (including phenoxy) is 1. The van der Waals surface area contributed by atoms with Gasteiger partial charge in [-0.3, -0.25) is 0 Å². The second-order valence-electron chi connectivity index (χ2n) is 4.00. The lowest BCUT2D eigenvalue weighted by Crippen LogP contribution is -1.98. The molecule has 0 radical (unpaired) electrons. The van der Waals surface area contributed by atoms with E-state index in [0.717, 1.165) is 5.56 Å². The van der Waals surface area contributed by atoms with Gasteiger partial charge in [-0.1, -0.05) is 80.4 Å². The van der Waals surface area contributed by atoms with Gasteiger partial charge in [0.15, 0.2) is 0 Å². The molecule has 3 heteroatoms. The Balaban J connectivity index is 0. The van der Waals surface area contributed by atoms with E-state index < -0.39 is 0 Å². The van der Waals surface area contributed by atoms with Crippen LogP contribution in [0.1, 0.15) is 12.5 Å². The van der Waals surface area contributed by atoms with E-state index in [1.54, 1.807) is 25.2 Å². The number of carbonyl (C=O) groups excluding carboxylic acids is 1. The van der Waals surface area contributed by atoms with Crippen molar-refractivity contribution in [3.05, 3.63) is 91.6 Å². The highest BCUT2D eigenvalue weighted by Crippen LogP contribution is 2.00. The number of allylic oxidation sites excluding steroid dienone is 5. The molecule has 0 saturated heterocycles. The maximum atomic E-state index is 10.2. The Hall–Kier alpha value is -3.12. The normalized spacial score (nSPS) is 8.74. The van der Waals surface area contributed by atoms with Gasteiger partial charge in [0, 0.05) is 11.6 Å². The van der Waals surface area contributed by atoms with Crippen molar-refractivity contribution in [2.45, 2.75) is 6.92 Å². The van der Waals surface area contributed by atoms with Gasteiger partial charge in [-0.15, -0.1) is 0 Å². The van der Waals surface area contributed by atoms with Crippen LogP contribution in [0.15, 0.2) is 86.0 Å². The Morgan fingerprint density at radius 1 is 1.17 bits per heavy atom. The first-order valence-electron chi connectivity index (χ1n) is 6.78. The van der Waals surface area contributed by atoms with E-state index in [1.165, 1.54) is 13.2 Å². The molecule has 120 valence electrons. The minimum atomic E-state index is -0.347. The molecule has 0 heterocycles. The third-order valence-electron chi connectivity index (χ3n) is 2.07. The number of carbonyl (C=O) groups is 1. The standard InChI is InChI=1S/C11H9N.C5H8O2.C4H6/c12-10-6-2-5-9-11-7-3-1-4-8-11;1-4(2)5(6)7-3;1-3-4-2/h1-9H;1H2,2-3H3;3-4H,1-2H2. The molecule has 3 nitrogen and oxygen atoms in total. The minimum absolute atomic E-state index is 0.347. The Kier molecular flexibility index (Phi) is 16.3. The molecule has 0 aliphatic heterocycles. The van der Waals surface area contributed by atoms with Crippen molar-refractivity contribution < 1.29 is 9.53 Å². The molecule has 0 saturated carbocycles. The molecule has 0 fully saturated rings. The summed E-state index contributed by atoms with van der Waals surface area (Å²) in [4.78, 5) is 10.2. The highest BCUT2D eigenvalue weighted by atomic mass is 16.5. The molecule has 0 amide bonds. The van der Waals surface area contributed by atoms with Crippen molar-refractivity contribution in [2.24, 2.45) is 0 Å². The summed E-state index contributed by atoms with van der Waals surface area (Å²) >= 11 is 0. The molecule has 1 aromatic carbocycles. The SMILES string of the molecule is C=C(C)C(=O)OC.C=CC=C.N#CC=CC=Cc1ccccc1. The highest BCUT2D eigenvalue weighted by molar-refractivity contribution is 5.86. The van der Waals surface area contributed by atoms with Crippen molar-refractivity contribution in [1.29, 1.82) is 5.26 Å². The molecule has 0 aromatic heterocycles. The van der Waals surface area contributed by atoms with Gasteiger partial charge in [0.05, 0.1) is 13.2 Å². The van der Waals surface area contributed by atoms with Crippen molar-refractivity contribution in [1.82, 2.24) is 0 Å². The highest BCUT2D eigenvalue weighted by Gasteiger charge is 1.95. The van der Waals surface area contributed by atoms with Crippen LogP contribution in [0, 0.1) is 11.3 Å². The fraction of sp³-hybridized carbons (Fsp3) is 0.100. The topological polar surface area (TPSA) is 50.1 Å². The molecule has 0 aliphatic rings. The van der Waals surface area contributed by atoms with Crippen LogP contribution >= 0.6 is 0 Å². The van der Waals surface area contributed by atoms with Gasteiger partial charge >= 0.3 is 5.97 Å². The van der Waals surface area contributed by atoms with Crippen LogP contribution in [0.4, 0.5) is 0 Å². The number of nitrogens with zero attached hydrogens (tertiary/aromatic N) is 1. The summed E-state index contributed by atoms with van der Waals surface area (Å²) in [5.74, 6) is -0.347. The fourth-order valence-corrected chi connectivity index (χ4v) is 1.00. The summed E-state index contributed by atoms with van der Waals surface area (Å²) in [6, 6.07) is 11.9. The summed E-state index contributed by atoms with van der Waals surface area (Å²) in [5, 5.41) is 8.19. The lowest BCUT2D eigenvalue weighted by Gasteiger charge is -1.91. The van der Waals surface area contributed by atoms with E-state index in [2.05, 4.69) is 24.5 Å². The zero-order valence-electron chi connectivity index (χ0n) is 13.7. The van der Waals surface area contributed by atoms with E-state index in [-0.39, 0.29) is 5.97 Å². The summed E-state index contributed by atoms with van der Waals surface area (Å²) in [5.41, 5.74) is 1.57. The van der Waals surface area contributed by atoms with Crippen LogP contribution in [-0.4, -0.2) is 13.1 Å². The zero-order valence-corrected chi connectivity index (χ0v) is 13.7. The molecular formula is C20H23NO2. The van der Waals surface area contributed by atoms with E-state index in [0.29, 0.717) is 5.57 Å². The number of benzene rings is 1. The third kappa shape index (κ3) is 16.8. The second-order valence-corrected chi connectivity index (χ2v) is 4.00. The quantitative estimate of drug-likeness (QED) is 0.345. The number of nitriles is 1. The van der Waals surface area contributed by atoms with Crippen molar-refractivity contribution in [3.8, 4) is 6.07 Å². The summed E-state index contributed by atoms with van der Waals surface area (Å²) in [6.07, 6.45) is 10.2. The van der Waals surface area contributed by atoms with Gasteiger partial charge in [0.1, 0.15) is 0 Å². The first kappa shape index (κ1) is 22.2. The Morgan fingerprint density at radius 2 is 1.74 bits per heavy atom. The molecule has 1 rings (SSSR count). The molecule has 0 bridgehead atoms. The third-order valence-corrected chi connectivity index (χ3v) is 2.07. The largest absolute Gasteiger partial charge is 0.466 e. The molecular weight excluding hydrogens is 286 g/mol. The summed E-state index contributed by atoms with van der Waals surface area (Å²) in [7, 11) is 1.33. The zero-order chi connectivity index (χ0) is 17.9. The maximum Gasteiger partial charge on any atom is 0.332 e. The number of rotatable bonds is 4. The van der Waals surface area contributed by atoms with Gasteiger partial charge in [0.25, 0.3) is 0 Å². The van der Waals surface area contributed by atoms with Gasteiger partial charge in [0.2, 0.25) is 0 Å². The molecule has 0 aliphatic carbocycles. The smallest absolute Gasteiger partial charge is 0.332 e. The first-order valence-corrected chi connectivity index (χ1v) is 6.78. The van der Waals surface area contributed by atoms with Crippen molar-refractivity contribution in [2.75, 3.05) is 7.11 Å².